The fourth-order valence-electron chi connectivity index (χ4n) is 4.86. The van der Waals surface area contributed by atoms with Crippen molar-refractivity contribution in [3.8, 4) is 0 Å². The molecule has 6 heteroatoms. The Balaban J connectivity index is 1.36. The minimum absolute atomic E-state index is 0.122. The lowest BCUT2D eigenvalue weighted by Crippen LogP contribution is -2.32. The number of rotatable bonds is 3. The number of allylic oxidation sites excluding steroid dienone is 2. The Hall–Kier alpha value is -2.92. The van der Waals surface area contributed by atoms with E-state index in [1.165, 1.54) is 4.90 Å². The summed E-state index contributed by atoms with van der Waals surface area (Å²) in [5.41, 5.74) is 2.40. The number of anilines is 2. The number of imide groups is 1. The van der Waals surface area contributed by atoms with Gasteiger partial charge in [-0.05, 0) is 67.1 Å². The van der Waals surface area contributed by atoms with Crippen molar-refractivity contribution in [3.05, 3.63) is 70.8 Å². The van der Waals surface area contributed by atoms with Crippen LogP contribution in [0.25, 0.3) is 0 Å². The first kappa shape index (κ1) is 18.1. The smallest absolute Gasteiger partial charge is 0.255 e. The van der Waals surface area contributed by atoms with Gasteiger partial charge < -0.3 is 5.32 Å². The van der Waals surface area contributed by atoms with Gasteiger partial charge in [0.2, 0.25) is 11.8 Å². The predicted molar refractivity (Wildman–Crippen MR) is 111 cm³/mol. The van der Waals surface area contributed by atoms with E-state index in [4.69, 9.17) is 11.6 Å². The molecule has 146 valence electrons. The molecule has 4 atom stereocenters. The van der Waals surface area contributed by atoms with Gasteiger partial charge >= 0.3 is 0 Å². The van der Waals surface area contributed by atoms with Crippen LogP contribution in [0.15, 0.2) is 54.6 Å². The highest BCUT2D eigenvalue weighted by molar-refractivity contribution is 6.31. The van der Waals surface area contributed by atoms with Crippen LogP contribution in [0.1, 0.15) is 22.3 Å². The number of nitrogens with one attached hydrogen (secondary N) is 1. The standard InChI is InChI=1S/C23H19ClN2O3/c1-12-17(24)3-2-4-18(12)25-21(27)13-7-9-16(10-8-13)26-22(28)19-14-5-6-15(11-14)20(19)23(26)29/h2-10,14-15,19-20H,11H2,1H3,(H,25,27)/t14-,15-,19+,20+/m0/s1. The van der Waals surface area contributed by atoms with Gasteiger partial charge in [0.15, 0.2) is 0 Å². The quantitative estimate of drug-likeness (QED) is 0.613. The van der Waals surface area contributed by atoms with Crippen molar-refractivity contribution in [2.24, 2.45) is 23.7 Å². The summed E-state index contributed by atoms with van der Waals surface area (Å²) in [7, 11) is 0. The molecule has 1 N–H and O–H groups in total. The molecule has 1 heterocycles. The molecule has 2 fully saturated rings. The number of nitrogens with zero attached hydrogens (tertiary/aromatic N) is 1. The highest BCUT2D eigenvalue weighted by Crippen LogP contribution is 2.53. The molecule has 3 amide bonds. The van der Waals surface area contributed by atoms with Gasteiger partial charge in [-0.25, -0.2) is 0 Å². The van der Waals surface area contributed by atoms with Crippen LogP contribution in [0.5, 0.6) is 0 Å². The Kier molecular flexibility index (Phi) is 4.10. The molecule has 2 aliphatic carbocycles. The Morgan fingerprint density at radius 1 is 1.00 bits per heavy atom. The number of amides is 3. The molecule has 3 aliphatic rings. The van der Waals surface area contributed by atoms with E-state index in [0.29, 0.717) is 22.0 Å². The zero-order valence-corrected chi connectivity index (χ0v) is 16.5. The third-order valence-corrected chi connectivity index (χ3v) is 6.78. The molecule has 2 aromatic rings. The highest BCUT2D eigenvalue weighted by atomic mass is 35.5. The summed E-state index contributed by atoms with van der Waals surface area (Å²) in [6.45, 7) is 1.84. The number of carbonyl (C=O) groups is 3. The zero-order chi connectivity index (χ0) is 20.3. The van der Waals surface area contributed by atoms with Gasteiger partial charge in [-0.1, -0.05) is 29.8 Å². The predicted octanol–water partition coefficient (Wildman–Crippen LogP) is 4.21. The number of benzene rings is 2. The van der Waals surface area contributed by atoms with E-state index >= 15 is 0 Å². The molecule has 0 unspecified atom stereocenters. The molecule has 5 rings (SSSR count). The number of fused-ring (bicyclic) bond motifs is 5. The van der Waals surface area contributed by atoms with E-state index in [1.54, 1.807) is 42.5 Å². The Morgan fingerprint density at radius 2 is 1.62 bits per heavy atom. The molecular weight excluding hydrogens is 388 g/mol. The van der Waals surface area contributed by atoms with Gasteiger partial charge in [0.1, 0.15) is 0 Å². The largest absolute Gasteiger partial charge is 0.322 e. The van der Waals surface area contributed by atoms with Crippen LogP contribution >= 0.6 is 11.6 Å². The summed E-state index contributed by atoms with van der Waals surface area (Å²) >= 11 is 6.10. The molecule has 0 radical (unpaired) electrons. The SMILES string of the molecule is Cc1c(Cl)cccc1NC(=O)c1ccc(N2C(=O)[C@H]3[C@H](C2=O)[C@H]2C=C[C@H]3C2)cc1. The second kappa shape index (κ2) is 6.56. The van der Waals surface area contributed by atoms with Gasteiger partial charge in [0.25, 0.3) is 5.91 Å². The molecule has 0 aromatic heterocycles. The minimum Gasteiger partial charge on any atom is -0.322 e. The van der Waals surface area contributed by atoms with Crippen LogP contribution in [0.3, 0.4) is 0 Å². The molecule has 29 heavy (non-hydrogen) atoms. The third kappa shape index (κ3) is 2.72. The van der Waals surface area contributed by atoms with E-state index in [1.807, 2.05) is 6.92 Å². The van der Waals surface area contributed by atoms with Gasteiger partial charge in [0, 0.05) is 16.3 Å². The molecule has 5 nitrogen and oxygen atoms in total. The Labute approximate surface area is 173 Å². The minimum atomic E-state index is -0.278. The van der Waals surface area contributed by atoms with E-state index in [9.17, 15) is 14.4 Å². The fraction of sp³-hybridized carbons (Fsp3) is 0.261. The second-order valence-corrected chi connectivity index (χ2v) is 8.33. The average molecular weight is 407 g/mol. The van der Waals surface area contributed by atoms with E-state index in [0.717, 1.165) is 12.0 Å². The summed E-state index contributed by atoms with van der Waals surface area (Å²) < 4.78 is 0. The summed E-state index contributed by atoms with van der Waals surface area (Å²) in [5.74, 6) is -0.625. The first-order valence-corrected chi connectivity index (χ1v) is 10.1. The van der Waals surface area contributed by atoms with Crippen LogP contribution in [-0.4, -0.2) is 17.7 Å². The van der Waals surface area contributed by atoms with Gasteiger partial charge in [-0.3, -0.25) is 19.3 Å². The van der Waals surface area contributed by atoms with Gasteiger partial charge in [0.05, 0.1) is 17.5 Å². The Morgan fingerprint density at radius 3 is 2.24 bits per heavy atom. The monoisotopic (exact) mass is 406 g/mol. The maximum Gasteiger partial charge on any atom is 0.255 e. The summed E-state index contributed by atoms with van der Waals surface area (Å²) in [6.07, 6.45) is 5.06. The van der Waals surface area contributed by atoms with Crippen molar-refractivity contribution in [2.45, 2.75) is 13.3 Å². The molecule has 2 aromatic carbocycles. The molecule has 1 aliphatic heterocycles. The first-order valence-electron chi connectivity index (χ1n) is 9.68. The van der Waals surface area contributed by atoms with Crippen molar-refractivity contribution in [1.29, 1.82) is 0 Å². The van der Waals surface area contributed by atoms with Crippen molar-refractivity contribution >= 4 is 40.7 Å². The normalized spacial score (nSPS) is 26.9. The second-order valence-electron chi connectivity index (χ2n) is 7.93. The van der Waals surface area contributed by atoms with E-state index in [-0.39, 0.29) is 41.4 Å². The maximum absolute atomic E-state index is 12.9. The van der Waals surface area contributed by atoms with E-state index < -0.39 is 0 Å². The van der Waals surface area contributed by atoms with Crippen LogP contribution in [0, 0.1) is 30.6 Å². The molecule has 2 bridgehead atoms. The summed E-state index contributed by atoms with van der Waals surface area (Å²) in [6, 6.07) is 11.9. The number of hydrogen-bond donors (Lipinski definition) is 1. The molecule has 1 saturated heterocycles. The van der Waals surface area contributed by atoms with Crippen LogP contribution < -0.4 is 10.2 Å². The lowest BCUT2D eigenvalue weighted by molar-refractivity contribution is -0.123. The molecule has 0 spiro atoms. The topological polar surface area (TPSA) is 66.5 Å². The summed E-state index contributed by atoms with van der Waals surface area (Å²) in [4.78, 5) is 39.7. The molecular formula is C23H19ClN2O3. The van der Waals surface area contributed by atoms with Crippen LogP contribution in [0.2, 0.25) is 5.02 Å². The lowest BCUT2D eigenvalue weighted by Gasteiger charge is -2.17. The summed E-state index contributed by atoms with van der Waals surface area (Å²) in [5, 5.41) is 3.43. The third-order valence-electron chi connectivity index (χ3n) is 6.37. The Bertz CT molecular complexity index is 1050. The van der Waals surface area contributed by atoms with Gasteiger partial charge in [-0.2, -0.15) is 0 Å². The van der Waals surface area contributed by atoms with E-state index in [2.05, 4.69) is 17.5 Å². The molecule has 1 saturated carbocycles. The zero-order valence-electron chi connectivity index (χ0n) is 15.8. The van der Waals surface area contributed by atoms with Crippen molar-refractivity contribution in [2.75, 3.05) is 10.2 Å². The number of halogens is 1. The number of hydrogen-bond acceptors (Lipinski definition) is 3. The lowest BCUT2D eigenvalue weighted by atomic mass is 9.85. The van der Waals surface area contributed by atoms with Crippen molar-refractivity contribution < 1.29 is 14.4 Å². The van der Waals surface area contributed by atoms with Crippen molar-refractivity contribution in [1.82, 2.24) is 0 Å². The maximum atomic E-state index is 12.9. The first-order chi connectivity index (χ1) is 14.0. The number of carbonyl (C=O) groups excluding carboxylic acids is 3. The van der Waals surface area contributed by atoms with Gasteiger partial charge in [-0.15, -0.1) is 0 Å². The average Bonchev–Trinajstić information content (AvgIpc) is 3.39. The van der Waals surface area contributed by atoms with Crippen LogP contribution in [0.4, 0.5) is 11.4 Å². The highest BCUT2D eigenvalue weighted by Gasteiger charge is 2.59. The fourth-order valence-corrected chi connectivity index (χ4v) is 5.03. The van der Waals surface area contributed by atoms with Crippen LogP contribution in [-0.2, 0) is 9.59 Å². The van der Waals surface area contributed by atoms with Crippen molar-refractivity contribution in [3.63, 3.8) is 0 Å².